The van der Waals surface area contributed by atoms with Gasteiger partial charge in [0.05, 0.1) is 16.7 Å². The number of carbonyl (C=O) groups is 1. The van der Waals surface area contributed by atoms with E-state index in [4.69, 9.17) is 5.73 Å². The molecule has 5 aromatic rings. The van der Waals surface area contributed by atoms with Gasteiger partial charge in [-0.05, 0) is 31.2 Å². The first-order valence-electron chi connectivity index (χ1n) is 11.0. The molecule has 2 heterocycles. The molecule has 2 aromatic heterocycles. The lowest BCUT2D eigenvalue weighted by molar-refractivity contribution is -0.118. The van der Waals surface area contributed by atoms with Crippen LogP contribution in [0.1, 0.15) is 11.4 Å². The molecule has 8 nitrogen and oxygen atoms in total. The zero-order chi connectivity index (χ0) is 24.4. The summed E-state index contributed by atoms with van der Waals surface area (Å²) in [5.41, 5.74) is 8.70. The zero-order valence-corrected chi connectivity index (χ0v) is 19.8. The molecule has 0 unspecified atom stereocenters. The SMILES string of the molecule is Cc1ccc(-n2c(SCc3nc4ccccc4c(=O)n3CC(N)=O)nnc2-c2ccccc2)cc1. The summed E-state index contributed by atoms with van der Waals surface area (Å²) in [5.74, 6) is 0.839. The Hall–Kier alpha value is -4.24. The van der Waals surface area contributed by atoms with Crippen LogP contribution in [0.3, 0.4) is 0 Å². The number of primary amides is 1. The van der Waals surface area contributed by atoms with Gasteiger partial charge < -0.3 is 5.73 Å². The standard InChI is InChI=1S/C26H22N6O2S/c1-17-11-13-19(14-12-17)32-24(18-7-3-2-4-8-18)29-30-26(32)35-16-23-28-21-10-6-5-9-20(21)25(34)31(23)15-22(27)33/h2-14H,15-16H2,1H3,(H2,27,33). The highest BCUT2D eigenvalue weighted by Gasteiger charge is 2.18. The maximum atomic E-state index is 13.1. The summed E-state index contributed by atoms with van der Waals surface area (Å²) in [4.78, 5) is 29.5. The van der Waals surface area contributed by atoms with E-state index >= 15 is 0 Å². The number of hydrogen-bond acceptors (Lipinski definition) is 6. The van der Waals surface area contributed by atoms with E-state index in [2.05, 4.69) is 15.2 Å². The predicted molar refractivity (Wildman–Crippen MR) is 136 cm³/mol. The third-order valence-corrected chi connectivity index (χ3v) is 6.47. The van der Waals surface area contributed by atoms with Gasteiger partial charge in [0.1, 0.15) is 12.4 Å². The lowest BCUT2D eigenvalue weighted by Gasteiger charge is -2.13. The lowest BCUT2D eigenvalue weighted by atomic mass is 10.2. The van der Waals surface area contributed by atoms with Gasteiger partial charge in [-0.3, -0.25) is 18.7 Å². The second kappa shape index (κ2) is 9.55. The van der Waals surface area contributed by atoms with Gasteiger partial charge in [0, 0.05) is 11.3 Å². The van der Waals surface area contributed by atoms with Gasteiger partial charge in [0.15, 0.2) is 11.0 Å². The normalized spacial score (nSPS) is 11.1. The van der Waals surface area contributed by atoms with Gasteiger partial charge in [0.25, 0.3) is 5.56 Å². The van der Waals surface area contributed by atoms with Crippen LogP contribution in [0.4, 0.5) is 0 Å². The van der Waals surface area contributed by atoms with E-state index in [-0.39, 0.29) is 12.1 Å². The van der Waals surface area contributed by atoms with Gasteiger partial charge in [-0.1, -0.05) is 71.9 Å². The van der Waals surface area contributed by atoms with Crippen LogP contribution in [-0.4, -0.2) is 30.2 Å². The number of para-hydroxylation sites is 1. The van der Waals surface area contributed by atoms with Crippen molar-refractivity contribution in [3.63, 3.8) is 0 Å². The fraction of sp³-hybridized carbons (Fsp3) is 0.115. The molecule has 3 aromatic carbocycles. The molecular weight excluding hydrogens is 460 g/mol. The van der Waals surface area contributed by atoms with Gasteiger partial charge in [-0.2, -0.15) is 0 Å². The Bertz CT molecular complexity index is 1580. The maximum Gasteiger partial charge on any atom is 0.261 e. The van der Waals surface area contributed by atoms with Crippen molar-refractivity contribution in [3.05, 3.63) is 101 Å². The van der Waals surface area contributed by atoms with Crippen LogP contribution in [0.5, 0.6) is 0 Å². The lowest BCUT2D eigenvalue weighted by Crippen LogP contribution is -2.31. The zero-order valence-electron chi connectivity index (χ0n) is 19.0. The number of fused-ring (bicyclic) bond motifs is 1. The van der Waals surface area contributed by atoms with Crippen molar-refractivity contribution < 1.29 is 4.79 Å². The fourth-order valence-electron chi connectivity index (χ4n) is 3.84. The van der Waals surface area contributed by atoms with Crippen molar-refractivity contribution in [2.24, 2.45) is 5.73 Å². The van der Waals surface area contributed by atoms with Crippen LogP contribution < -0.4 is 11.3 Å². The van der Waals surface area contributed by atoms with E-state index in [0.29, 0.717) is 33.5 Å². The van der Waals surface area contributed by atoms with Gasteiger partial charge in [-0.15, -0.1) is 10.2 Å². The first-order valence-corrected chi connectivity index (χ1v) is 12.0. The van der Waals surface area contributed by atoms with E-state index in [1.807, 2.05) is 72.2 Å². The fourth-order valence-corrected chi connectivity index (χ4v) is 4.73. The average Bonchev–Trinajstić information content (AvgIpc) is 3.29. The first-order chi connectivity index (χ1) is 17.0. The molecule has 0 saturated carbocycles. The highest BCUT2D eigenvalue weighted by molar-refractivity contribution is 7.98. The van der Waals surface area contributed by atoms with Crippen molar-refractivity contribution in [1.82, 2.24) is 24.3 Å². The average molecular weight is 483 g/mol. The summed E-state index contributed by atoms with van der Waals surface area (Å²) in [6.45, 7) is 1.79. The summed E-state index contributed by atoms with van der Waals surface area (Å²) in [5, 5.41) is 10.00. The van der Waals surface area contributed by atoms with Gasteiger partial charge in [0.2, 0.25) is 5.91 Å². The number of aromatic nitrogens is 5. The Kier molecular flexibility index (Phi) is 6.15. The number of benzene rings is 3. The van der Waals surface area contributed by atoms with Crippen molar-refractivity contribution in [3.8, 4) is 17.1 Å². The van der Waals surface area contributed by atoms with Crippen molar-refractivity contribution in [2.75, 3.05) is 0 Å². The molecule has 174 valence electrons. The van der Waals surface area contributed by atoms with Crippen LogP contribution >= 0.6 is 11.8 Å². The Labute approximate surface area is 205 Å². The molecule has 35 heavy (non-hydrogen) atoms. The number of nitrogens with two attached hydrogens (primary N) is 1. The minimum Gasteiger partial charge on any atom is -0.368 e. The van der Waals surface area contributed by atoms with Crippen LogP contribution in [0.25, 0.3) is 28.0 Å². The molecular formula is C26H22N6O2S. The minimum absolute atomic E-state index is 0.244. The smallest absolute Gasteiger partial charge is 0.261 e. The highest BCUT2D eigenvalue weighted by Crippen LogP contribution is 2.29. The van der Waals surface area contributed by atoms with Crippen LogP contribution in [-0.2, 0) is 17.1 Å². The molecule has 0 aliphatic carbocycles. The summed E-state index contributed by atoms with van der Waals surface area (Å²) in [6, 6.07) is 25.0. The van der Waals surface area contributed by atoms with E-state index in [1.54, 1.807) is 18.2 Å². The van der Waals surface area contributed by atoms with E-state index in [1.165, 1.54) is 16.3 Å². The first kappa shape index (κ1) is 22.5. The number of rotatable bonds is 7. The molecule has 0 bridgehead atoms. The number of carbonyl (C=O) groups excluding carboxylic acids is 1. The van der Waals surface area contributed by atoms with E-state index < -0.39 is 5.91 Å². The molecule has 0 fully saturated rings. The Morgan fingerprint density at radius 2 is 1.66 bits per heavy atom. The van der Waals surface area contributed by atoms with Crippen molar-refractivity contribution in [2.45, 2.75) is 24.4 Å². The van der Waals surface area contributed by atoms with Crippen LogP contribution in [0, 0.1) is 6.92 Å². The molecule has 1 amide bonds. The summed E-state index contributed by atoms with van der Waals surface area (Å²) in [7, 11) is 0. The quantitative estimate of drug-likeness (QED) is 0.354. The second-order valence-electron chi connectivity index (χ2n) is 8.03. The van der Waals surface area contributed by atoms with Crippen LogP contribution in [0.2, 0.25) is 0 Å². The van der Waals surface area contributed by atoms with E-state index in [0.717, 1.165) is 16.8 Å². The minimum atomic E-state index is -0.607. The molecule has 0 saturated heterocycles. The largest absolute Gasteiger partial charge is 0.368 e. The highest BCUT2D eigenvalue weighted by atomic mass is 32.2. The van der Waals surface area contributed by atoms with Crippen LogP contribution in [0.15, 0.2) is 88.8 Å². The van der Waals surface area contributed by atoms with Crippen molar-refractivity contribution in [1.29, 1.82) is 0 Å². The number of amides is 1. The molecule has 9 heteroatoms. The Balaban J connectivity index is 1.57. The Morgan fingerprint density at radius 1 is 0.943 bits per heavy atom. The molecule has 0 aliphatic rings. The number of thioether (sulfide) groups is 1. The predicted octanol–water partition coefficient (Wildman–Crippen LogP) is 3.73. The molecule has 0 spiro atoms. The number of nitrogens with zero attached hydrogens (tertiary/aromatic N) is 5. The second-order valence-corrected chi connectivity index (χ2v) is 8.98. The van der Waals surface area contributed by atoms with Crippen molar-refractivity contribution >= 4 is 28.6 Å². The molecule has 2 N–H and O–H groups in total. The topological polar surface area (TPSA) is 109 Å². The maximum absolute atomic E-state index is 13.1. The number of hydrogen-bond donors (Lipinski definition) is 1. The number of aryl methyl sites for hydroxylation is 1. The third-order valence-electron chi connectivity index (χ3n) is 5.54. The molecule has 5 rings (SSSR count). The summed E-state index contributed by atoms with van der Waals surface area (Å²) >= 11 is 1.39. The van der Waals surface area contributed by atoms with E-state index in [9.17, 15) is 9.59 Å². The molecule has 0 radical (unpaired) electrons. The molecule has 0 atom stereocenters. The van der Waals surface area contributed by atoms with Gasteiger partial charge >= 0.3 is 0 Å². The molecule has 0 aliphatic heterocycles. The monoisotopic (exact) mass is 482 g/mol. The summed E-state index contributed by atoms with van der Waals surface area (Å²) < 4.78 is 3.32. The third kappa shape index (κ3) is 4.58. The summed E-state index contributed by atoms with van der Waals surface area (Å²) in [6.07, 6.45) is 0. The van der Waals surface area contributed by atoms with Gasteiger partial charge in [-0.25, -0.2) is 4.98 Å². The Morgan fingerprint density at radius 3 is 2.40 bits per heavy atom.